The lowest BCUT2D eigenvalue weighted by atomic mass is 9.82. The summed E-state index contributed by atoms with van der Waals surface area (Å²) in [5, 5.41) is 71.9. The molecular formula is C29H32O15. The van der Waals surface area contributed by atoms with E-state index in [1.807, 2.05) is 0 Å². The Labute approximate surface area is 249 Å². The normalized spacial score (nSPS) is 33.4. The number of aromatic hydroxyl groups is 1. The molecular weight excluding hydrogens is 588 g/mol. The number of aliphatic hydroxyl groups is 6. The van der Waals surface area contributed by atoms with Crippen LogP contribution in [-0.2, 0) is 19.0 Å². The molecule has 3 aliphatic rings. The molecule has 1 aliphatic carbocycles. The zero-order valence-electron chi connectivity index (χ0n) is 23.7. The van der Waals surface area contributed by atoms with Gasteiger partial charge in [-0.05, 0) is 38.1 Å². The first kappa shape index (κ1) is 31.9. The lowest BCUT2D eigenvalue weighted by Crippen LogP contribution is -2.64. The minimum atomic E-state index is -1.83. The summed E-state index contributed by atoms with van der Waals surface area (Å²) < 4.78 is 28.2. The smallest absolute Gasteiger partial charge is 0.308 e. The van der Waals surface area contributed by atoms with Crippen LogP contribution in [0.3, 0.4) is 0 Å². The Balaban J connectivity index is 1.56. The summed E-state index contributed by atoms with van der Waals surface area (Å²) in [6.45, 7) is 3.13. The van der Waals surface area contributed by atoms with Crippen molar-refractivity contribution in [2.75, 3.05) is 6.61 Å². The van der Waals surface area contributed by atoms with Gasteiger partial charge in [0.2, 0.25) is 6.29 Å². The maximum atomic E-state index is 13.5. The van der Waals surface area contributed by atoms with Crippen LogP contribution in [0.4, 0.5) is 0 Å². The number of ether oxygens (including phenoxy) is 5. The molecule has 0 radical (unpaired) electrons. The van der Waals surface area contributed by atoms with Crippen molar-refractivity contribution in [2.45, 2.75) is 82.2 Å². The van der Waals surface area contributed by atoms with Crippen molar-refractivity contribution in [2.24, 2.45) is 0 Å². The number of hydrogen-bond acceptors (Lipinski definition) is 15. The lowest BCUT2D eigenvalue weighted by Gasteiger charge is -2.45. The van der Waals surface area contributed by atoms with Gasteiger partial charge in [0.1, 0.15) is 53.9 Å². The highest BCUT2D eigenvalue weighted by Gasteiger charge is 2.51. The highest BCUT2D eigenvalue weighted by molar-refractivity contribution is 6.29. The quantitative estimate of drug-likeness (QED) is 0.122. The Morgan fingerprint density at radius 1 is 0.864 bits per heavy atom. The molecule has 2 heterocycles. The number of ketones is 2. The molecule has 238 valence electrons. The molecule has 0 amide bonds. The minimum absolute atomic E-state index is 0.0266. The van der Waals surface area contributed by atoms with Crippen LogP contribution in [0.2, 0.25) is 0 Å². The lowest BCUT2D eigenvalue weighted by molar-refractivity contribution is -0.354. The largest absolute Gasteiger partial charge is 0.508 e. The Kier molecular flexibility index (Phi) is 8.78. The third-order valence-electron chi connectivity index (χ3n) is 7.86. The first-order chi connectivity index (χ1) is 20.7. The van der Waals surface area contributed by atoms with Crippen LogP contribution in [0.1, 0.15) is 51.3 Å². The maximum Gasteiger partial charge on any atom is 0.308 e. The number of carbonyl (C=O) groups is 3. The van der Waals surface area contributed by atoms with Crippen LogP contribution in [0, 0.1) is 6.92 Å². The number of phenolic OH excluding ortho intramolecular Hbond substituents is 1. The second kappa shape index (κ2) is 12.1. The van der Waals surface area contributed by atoms with Gasteiger partial charge in [-0.1, -0.05) is 0 Å². The van der Waals surface area contributed by atoms with Gasteiger partial charge in [0, 0.05) is 29.2 Å². The van der Waals surface area contributed by atoms with E-state index in [4.69, 9.17) is 23.7 Å². The van der Waals surface area contributed by atoms with E-state index in [0.717, 1.165) is 13.0 Å². The summed E-state index contributed by atoms with van der Waals surface area (Å²) in [6.07, 6.45) is -16.0. The minimum Gasteiger partial charge on any atom is -0.508 e. The van der Waals surface area contributed by atoms with Crippen molar-refractivity contribution in [1.29, 1.82) is 0 Å². The van der Waals surface area contributed by atoms with Crippen molar-refractivity contribution in [3.8, 4) is 17.2 Å². The Hall–Kier alpha value is -3.51. The van der Waals surface area contributed by atoms with Gasteiger partial charge in [0.25, 0.3) is 0 Å². The summed E-state index contributed by atoms with van der Waals surface area (Å²) in [7, 11) is 0. The molecule has 0 bridgehead atoms. The van der Waals surface area contributed by atoms with Gasteiger partial charge in [0.15, 0.2) is 24.0 Å². The number of phenols is 1. The zero-order chi connectivity index (χ0) is 32.2. The molecule has 44 heavy (non-hydrogen) atoms. The molecule has 15 heteroatoms. The van der Waals surface area contributed by atoms with E-state index in [0.29, 0.717) is 0 Å². The highest BCUT2D eigenvalue weighted by atomic mass is 16.8. The molecule has 7 N–H and O–H groups in total. The van der Waals surface area contributed by atoms with E-state index in [9.17, 15) is 50.1 Å². The van der Waals surface area contributed by atoms with Gasteiger partial charge in [-0.15, -0.1) is 0 Å². The van der Waals surface area contributed by atoms with E-state index in [1.165, 1.54) is 32.0 Å². The topological polar surface area (TPSA) is 239 Å². The van der Waals surface area contributed by atoms with Crippen molar-refractivity contribution >= 4 is 17.5 Å². The fourth-order valence-corrected chi connectivity index (χ4v) is 5.43. The molecule has 15 nitrogen and oxygen atoms in total. The molecule has 2 aromatic carbocycles. The molecule has 2 saturated heterocycles. The third-order valence-corrected chi connectivity index (χ3v) is 7.86. The third kappa shape index (κ3) is 5.47. The van der Waals surface area contributed by atoms with Crippen LogP contribution < -0.4 is 9.47 Å². The van der Waals surface area contributed by atoms with Crippen LogP contribution in [0.5, 0.6) is 17.2 Å². The molecule has 2 aromatic rings. The van der Waals surface area contributed by atoms with Crippen LogP contribution in [0.25, 0.3) is 0 Å². The van der Waals surface area contributed by atoms with Crippen molar-refractivity contribution < 1.29 is 73.8 Å². The van der Waals surface area contributed by atoms with Gasteiger partial charge in [-0.3, -0.25) is 14.4 Å². The number of rotatable bonds is 6. The van der Waals surface area contributed by atoms with Crippen molar-refractivity contribution in [1.82, 2.24) is 0 Å². The molecule has 0 spiro atoms. The van der Waals surface area contributed by atoms with Gasteiger partial charge in [-0.25, -0.2) is 0 Å². The number of aliphatic hydroxyl groups excluding tert-OH is 6. The van der Waals surface area contributed by atoms with Gasteiger partial charge < -0.3 is 59.4 Å². The number of carbonyl (C=O) groups excluding carboxylic acids is 3. The van der Waals surface area contributed by atoms with E-state index in [1.54, 1.807) is 0 Å². The molecule has 10 atom stereocenters. The van der Waals surface area contributed by atoms with Crippen molar-refractivity contribution in [3.63, 3.8) is 0 Å². The monoisotopic (exact) mass is 620 g/mol. The van der Waals surface area contributed by atoms with Crippen LogP contribution >= 0.6 is 0 Å². The summed E-state index contributed by atoms with van der Waals surface area (Å²) in [6, 6.07) is 4.79. The van der Waals surface area contributed by atoms with Gasteiger partial charge in [-0.2, -0.15) is 0 Å². The summed E-state index contributed by atoms with van der Waals surface area (Å²) >= 11 is 0. The SMILES string of the molecule is CC(=O)Oc1c(C)c(OC2OC(CO)C(O)C(O)C2OC2OC(C)C(O)C(O)C2O)cc2c1C(=O)c1ccc(O)cc1C2=O. The fraction of sp³-hybridized carbons (Fsp3) is 0.483. The second-order valence-corrected chi connectivity index (χ2v) is 10.8. The summed E-state index contributed by atoms with van der Waals surface area (Å²) in [5.41, 5.74) is -0.560. The van der Waals surface area contributed by atoms with Crippen molar-refractivity contribution in [3.05, 3.63) is 52.1 Å². The summed E-state index contributed by atoms with van der Waals surface area (Å²) in [5.74, 6) is -2.95. The predicted octanol–water partition coefficient (Wildman–Crippen LogP) is -1.57. The molecule has 10 unspecified atom stereocenters. The molecule has 2 fully saturated rings. The zero-order valence-corrected chi connectivity index (χ0v) is 23.7. The fourth-order valence-electron chi connectivity index (χ4n) is 5.43. The maximum absolute atomic E-state index is 13.5. The van der Waals surface area contributed by atoms with E-state index in [-0.39, 0.29) is 45.1 Å². The average molecular weight is 621 g/mol. The number of hydrogen-bond donors (Lipinski definition) is 7. The Morgan fingerprint density at radius 2 is 1.57 bits per heavy atom. The second-order valence-electron chi connectivity index (χ2n) is 10.8. The van der Waals surface area contributed by atoms with E-state index < -0.39 is 85.6 Å². The van der Waals surface area contributed by atoms with E-state index in [2.05, 4.69) is 0 Å². The van der Waals surface area contributed by atoms with E-state index >= 15 is 0 Å². The standard InChI is InChI=1S/C29H32O15/c1-9-16(7-15-18(26(9)41-11(3)31)21(35)13-5-4-12(32)6-14(13)20(15)34)42-29-27(24(38)22(36)17(8-30)43-29)44-28-25(39)23(37)19(33)10(2)40-28/h4-7,10,17,19,22-25,27-30,32-33,36-39H,8H2,1-3H3. The molecule has 0 aromatic heterocycles. The average Bonchev–Trinajstić information content (AvgIpc) is 2.98. The molecule has 5 rings (SSSR count). The van der Waals surface area contributed by atoms with Gasteiger partial charge >= 0.3 is 5.97 Å². The highest BCUT2D eigenvalue weighted by Crippen LogP contribution is 2.42. The van der Waals surface area contributed by atoms with Crippen LogP contribution in [-0.4, -0.2) is 121 Å². The molecule has 0 saturated carbocycles. The first-order valence-corrected chi connectivity index (χ1v) is 13.7. The first-order valence-electron chi connectivity index (χ1n) is 13.7. The Bertz CT molecular complexity index is 1470. The Morgan fingerprint density at radius 3 is 2.23 bits per heavy atom. The molecule has 2 aliphatic heterocycles. The van der Waals surface area contributed by atoms with Gasteiger partial charge in [0.05, 0.1) is 18.3 Å². The summed E-state index contributed by atoms with van der Waals surface area (Å²) in [4.78, 5) is 39.1. The number of esters is 1. The predicted molar refractivity (Wildman–Crippen MR) is 143 cm³/mol. The number of benzene rings is 2. The van der Waals surface area contributed by atoms with Crippen LogP contribution in [0.15, 0.2) is 24.3 Å². The number of fused-ring (bicyclic) bond motifs is 2.